The van der Waals surface area contributed by atoms with Gasteiger partial charge in [-0.3, -0.25) is 9.69 Å². The number of ether oxygens (including phenoxy) is 1. The summed E-state index contributed by atoms with van der Waals surface area (Å²) in [4.78, 5) is 23.5. The molecule has 1 unspecified atom stereocenters. The van der Waals surface area contributed by atoms with Gasteiger partial charge in [-0.25, -0.2) is 4.99 Å². The van der Waals surface area contributed by atoms with Crippen LogP contribution in [0.15, 0.2) is 69.1 Å². The lowest BCUT2D eigenvalue weighted by molar-refractivity contribution is -0.122. The average Bonchev–Trinajstić information content (AvgIpc) is 3.52. The van der Waals surface area contributed by atoms with Crippen LogP contribution in [0.25, 0.3) is 6.08 Å². The number of nitrogens with zero attached hydrogens (tertiary/aromatic N) is 3. The largest absolute Gasteiger partial charge is 0.497 e. The second kappa shape index (κ2) is 11.0. The van der Waals surface area contributed by atoms with Gasteiger partial charge in [0.1, 0.15) is 11.5 Å². The van der Waals surface area contributed by atoms with Crippen molar-refractivity contribution in [1.29, 1.82) is 0 Å². The van der Waals surface area contributed by atoms with Crippen LogP contribution in [0.2, 0.25) is 0 Å². The van der Waals surface area contributed by atoms with Gasteiger partial charge in [0.15, 0.2) is 5.17 Å². The van der Waals surface area contributed by atoms with Crippen molar-refractivity contribution in [2.75, 3.05) is 18.6 Å². The summed E-state index contributed by atoms with van der Waals surface area (Å²) in [5.74, 6) is 1.85. The molecule has 3 aromatic rings. The van der Waals surface area contributed by atoms with E-state index in [2.05, 4.69) is 51.7 Å². The second-order valence-corrected chi connectivity index (χ2v) is 12.0. The Bertz CT molecular complexity index is 1410. The third-order valence-corrected chi connectivity index (χ3v) is 8.59. The highest BCUT2D eigenvalue weighted by atomic mass is 32.2. The first-order valence-electron chi connectivity index (χ1n) is 13.6. The van der Waals surface area contributed by atoms with Crippen LogP contribution in [0.3, 0.4) is 0 Å². The van der Waals surface area contributed by atoms with Crippen LogP contribution < -0.4 is 9.64 Å². The number of benzene rings is 2. The molecule has 1 amide bonds. The Morgan fingerprint density at radius 3 is 2.64 bits per heavy atom. The SMILES string of the molecule is CCCN1c2cc(C)c(/C=C3/SC(=Nc4ccc(OC)cc4)N(Cc4ccco4)C3=O)cc2C(C)CC1(C)C. The number of thioether (sulfide) groups is 1. The van der Waals surface area contributed by atoms with Crippen LogP contribution in [0.5, 0.6) is 5.75 Å². The monoisotopic (exact) mass is 543 g/mol. The average molecular weight is 544 g/mol. The van der Waals surface area contributed by atoms with E-state index in [4.69, 9.17) is 14.1 Å². The highest BCUT2D eigenvalue weighted by molar-refractivity contribution is 8.18. The van der Waals surface area contributed by atoms with Crippen molar-refractivity contribution in [1.82, 2.24) is 4.90 Å². The smallest absolute Gasteiger partial charge is 0.267 e. The normalized spacial score (nSPS) is 20.7. The molecule has 1 atom stereocenters. The Labute approximate surface area is 235 Å². The zero-order chi connectivity index (χ0) is 27.7. The molecule has 3 heterocycles. The van der Waals surface area contributed by atoms with Crippen molar-refractivity contribution in [3.63, 3.8) is 0 Å². The number of aryl methyl sites for hydroxylation is 1. The van der Waals surface area contributed by atoms with E-state index in [1.807, 2.05) is 42.5 Å². The summed E-state index contributed by atoms with van der Waals surface area (Å²) in [6.45, 7) is 12.7. The Morgan fingerprint density at radius 1 is 1.21 bits per heavy atom. The van der Waals surface area contributed by atoms with E-state index in [1.165, 1.54) is 28.6 Å². The van der Waals surface area contributed by atoms with Gasteiger partial charge in [0.05, 0.1) is 30.5 Å². The fraction of sp³-hybridized carbons (Fsp3) is 0.375. The van der Waals surface area contributed by atoms with Gasteiger partial charge in [-0.15, -0.1) is 0 Å². The number of fused-ring (bicyclic) bond motifs is 1. The van der Waals surface area contributed by atoms with Gasteiger partial charge in [0.2, 0.25) is 0 Å². The molecular formula is C32H37N3O3S. The van der Waals surface area contributed by atoms with Gasteiger partial charge in [-0.05, 0) is 123 Å². The first kappa shape index (κ1) is 27.1. The minimum Gasteiger partial charge on any atom is -0.497 e. The minimum absolute atomic E-state index is 0.0671. The lowest BCUT2D eigenvalue weighted by Gasteiger charge is -2.48. The van der Waals surface area contributed by atoms with E-state index in [0.29, 0.717) is 28.3 Å². The van der Waals surface area contributed by atoms with Gasteiger partial charge in [-0.2, -0.15) is 0 Å². The van der Waals surface area contributed by atoms with Crippen molar-refractivity contribution in [2.24, 2.45) is 4.99 Å². The predicted molar refractivity (Wildman–Crippen MR) is 161 cm³/mol. The van der Waals surface area contributed by atoms with E-state index in [-0.39, 0.29) is 11.4 Å². The van der Waals surface area contributed by atoms with Crippen molar-refractivity contribution < 1.29 is 13.9 Å². The van der Waals surface area contributed by atoms with Gasteiger partial charge in [0, 0.05) is 17.8 Å². The van der Waals surface area contributed by atoms with Crippen LogP contribution in [0.4, 0.5) is 11.4 Å². The second-order valence-electron chi connectivity index (χ2n) is 11.0. The number of hydrogen-bond acceptors (Lipinski definition) is 6. The molecule has 2 aliphatic heterocycles. The molecule has 2 aromatic carbocycles. The van der Waals surface area contributed by atoms with Crippen LogP contribution in [0, 0.1) is 6.92 Å². The Morgan fingerprint density at radius 2 is 1.97 bits per heavy atom. The fourth-order valence-electron chi connectivity index (χ4n) is 5.65. The molecule has 204 valence electrons. The minimum atomic E-state index is -0.0671. The highest BCUT2D eigenvalue weighted by Crippen LogP contribution is 2.45. The lowest BCUT2D eigenvalue weighted by Crippen LogP contribution is -2.48. The molecule has 0 saturated carbocycles. The van der Waals surface area contributed by atoms with Crippen molar-refractivity contribution in [3.8, 4) is 5.75 Å². The molecule has 1 fully saturated rings. The summed E-state index contributed by atoms with van der Waals surface area (Å²) in [7, 11) is 1.64. The number of furan rings is 1. The number of aliphatic imine (C=N–C) groups is 1. The first-order chi connectivity index (χ1) is 18.7. The summed E-state index contributed by atoms with van der Waals surface area (Å²) < 4.78 is 10.8. The third-order valence-electron chi connectivity index (χ3n) is 7.59. The van der Waals surface area contributed by atoms with E-state index in [9.17, 15) is 4.79 Å². The number of methoxy groups -OCH3 is 1. The summed E-state index contributed by atoms with van der Waals surface area (Å²) in [5, 5.41) is 0.632. The molecular weight excluding hydrogens is 506 g/mol. The van der Waals surface area contributed by atoms with Crippen LogP contribution >= 0.6 is 11.8 Å². The van der Waals surface area contributed by atoms with Gasteiger partial charge in [0.25, 0.3) is 5.91 Å². The van der Waals surface area contributed by atoms with Crippen LogP contribution in [-0.4, -0.2) is 35.2 Å². The van der Waals surface area contributed by atoms with Crippen molar-refractivity contribution in [3.05, 3.63) is 82.1 Å². The molecule has 0 bridgehead atoms. The van der Waals surface area contributed by atoms with Crippen LogP contribution in [-0.2, 0) is 11.3 Å². The van der Waals surface area contributed by atoms with Crippen molar-refractivity contribution in [2.45, 2.75) is 65.5 Å². The van der Waals surface area contributed by atoms with E-state index in [1.54, 1.807) is 18.3 Å². The number of anilines is 1. The van der Waals surface area contributed by atoms with Gasteiger partial charge >= 0.3 is 0 Å². The maximum atomic E-state index is 13.7. The van der Waals surface area contributed by atoms with Crippen molar-refractivity contribution >= 4 is 40.3 Å². The zero-order valence-corrected chi connectivity index (χ0v) is 24.5. The molecule has 2 aliphatic rings. The number of amides is 1. The number of hydrogen-bond donors (Lipinski definition) is 0. The summed E-state index contributed by atoms with van der Waals surface area (Å²) >= 11 is 1.41. The molecule has 0 radical (unpaired) electrons. The van der Waals surface area contributed by atoms with E-state index in [0.717, 1.165) is 36.4 Å². The lowest BCUT2D eigenvalue weighted by atomic mass is 9.79. The highest BCUT2D eigenvalue weighted by Gasteiger charge is 2.37. The maximum Gasteiger partial charge on any atom is 0.267 e. The fourth-order valence-corrected chi connectivity index (χ4v) is 6.64. The quantitative estimate of drug-likeness (QED) is 0.284. The molecule has 6 nitrogen and oxygen atoms in total. The topological polar surface area (TPSA) is 58.3 Å². The standard InChI is InChI=1S/C32H37N3O3S/c1-7-14-35-28-16-21(2)23(17-27(28)22(3)19-32(35,4)5)18-29-30(36)34(20-26-9-8-15-38-26)31(39-29)33-24-10-12-25(37-6)13-11-24/h8-13,15-18,22H,7,14,19-20H2,1-6H3/b29-18+,33-31?. The Hall–Kier alpha value is -3.45. The zero-order valence-electron chi connectivity index (χ0n) is 23.7. The molecule has 0 aliphatic carbocycles. The molecule has 39 heavy (non-hydrogen) atoms. The predicted octanol–water partition coefficient (Wildman–Crippen LogP) is 7.90. The molecule has 5 rings (SSSR count). The van der Waals surface area contributed by atoms with E-state index >= 15 is 0 Å². The Kier molecular flexibility index (Phi) is 7.63. The maximum absolute atomic E-state index is 13.7. The van der Waals surface area contributed by atoms with Gasteiger partial charge in [-0.1, -0.05) is 13.8 Å². The molecule has 0 spiro atoms. The van der Waals surface area contributed by atoms with E-state index < -0.39 is 0 Å². The number of carbonyl (C=O) groups excluding carboxylic acids is 1. The third kappa shape index (κ3) is 5.50. The summed E-state index contributed by atoms with van der Waals surface area (Å²) in [5.41, 5.74) is 5.80. The van der Waals surface area contributed by atoms with Crippen LogP contribution in [0.1, 0.15) is 68.9 Å². The molecule has 0 N–H and O–H groups in total. The summed E-state index contributed by atoms with van der Waals surface area (Å²) in [6.07, 6.45) is 5.86. The number of carbonyl (C=O) groups is 1. The molecule has 1 saturated heterocycles. The molecule has 7 heteroatoms. The molecule has 1 aromatic heterocycles. The number of rotatable bonds is 7. The summed E-state index contributed by atoms with van der Waals surface area (Å²) in [6, 6.07) is 15.8. The Balaban J connectivity index is 1.52. The van der Waals surface area contributed by atoms with Gasteiger partial charge < -0.3 is 14.1 Å². The first-order valence-corrected chi connectivity index (χ1v) is 14.4. The number of amidine groups is 1.